The summed E-state index contributed by atoms with van der Waals surface area (Å²) < 4.78 is 14.2. The number of phenolic OH excluding ortho intramolecular Hbond substituents is 1. The Morgan fingerprint density at radius 3 is 2.50 bits per heavy atom. The first-order valence-electron chi connectivity index (χ1n) is 23.1. The summed E-state index contributed by atoms with van der Waals surface area (Å²) in [5.41, 5.74) is 9.48. The van der Waals surface area contributed by atoms with E-state index in [4.69, 9.17) is 14.5 Å². The SMILES string of the molecule is CCn1c(-c2cccnc2[C@H](C)OC)c2c3cc(ccc31)-c1cc(O)cc(c1)C[C@H](NC(=O)[C@H](C(C)C)N(C)C(=O)CN(C)C(=O)[C@H]1N[C@@H]1C)C(=O)N1CCC[C@H](N1)C(=O)OCC(C)(C)C2. The summed E-state index contributed by atoms with van der Waals surface area (Å²) in [6, 6.07) is 12.1. The first-order chi connectivity index (χ1) is 31.3. The average Bonchev–Trinajstić information content (AvgIpc) is 3.95. The van der Waals surface area contributed by atoms with Crippen molar-refractivity contribution in [3.05, 3.63) is 71.5 Å². The number of hydrazine groups is 1. The number of fused-ring (bicyclic) bond motifs is 6. The number of nitrogens with one attached hydrogen (secondary N) is 3. The molecule has 16 nitrogen and oxygen atoms in total. The van der Waals surface area contributed by atoms with Crippen LogP contribution >= 0.6 is 0 Å². The second-order valence-corrected chi connectivity index (χ2v) is 19.4. The number of aromatic nitrogens is 2. The van der Waals surface area contributed by atoms with Gasteiger partial charge >= 0.3 is 5.97 Å². The molecule has 0 unspecified atom stereocenters. The van der Waals surface area contributed by atoms with Crippen LogP contribution in [0.1, 0.15) is 84.2 Å². The molecule has 354 valence electrons. The fourth-order valence-corrected chi connectivity index (χ4v) is 9.55. The highest BCUT2D eigenvalue weighted by molar-refractivity contribution is 5.96. The molecule has 0 saturated carbocycles. The molecule has 66 heavy (non-hydrogen) atoms. The van der Waals surface area contributed by atoms with Crippen molar-refractivity contribution in [3.63, 3.8) is 0 Å². The maximum absolute atomic E-state index is 14.7. The number of likely N-dealkylation sites (N-methyl/N-ethyl adjacent to an activating group) is 2. The number of phenols is 1. The Kier molecular flexibility index (Phi) is 14.3. The zero-order valence-electron chi connectivity index (χ0n) is 39.9. The van der Waals surface area contributed by atoms with E-state index >= 15 is 0 Å². The number of benzene rings is 2. The minimum atomic E-state index is -1.18. The number of aryl methyl sites for hydroxylation is 1. The standard InChI is InChI=1S/C50H66N8O8/c1-11-57-40-17-16-32-24-36(40)37(45(57)35-14-12-18-51-43(35)30(5)65-10)25-50(6,7)27-66-49(64)38-15-13-19-58(54-38)47(62)39(22-31-20-33(32)23-34(59)21-31)53-46(61)44(28(2)3)56(9)41(60)26-55(8)48(63)42-29(4)52-42/h12,14,16-18,20-21,23-24,28-30,38-39,42,44,52,54,59H,11,13,15,19,22,25-27H2,1-10H3,(H,53,61)/t29-,30+,38+,39+,42+,44+/m1/s1. The van der Waals surface area contributed by atoms with Crippen molar-refractivity contribution in [3.8, 4) is 28.1 Å². The maximum atomic E-state index is 14.7. The molecule has 6 bridgehead atoms. The van der Waals surface area contributed by atoms with Crippen LogP contribution in [0.2, 0.25) is 0 Å². The highest BCUT2D eigenvalue weighted by Crippen LogP contribution is 2.42. The number of hydrogen-bond acceptors (Lipinski definition) is 11. The summed E-state index contributed by atoms with van der Waals surface area (Å²) in [5.74, 6) is -2.57. The Hall–Kier alpha value is -5.84. The third-order valence-electron chi connectivity index (χ3n) is 13.2. The van der Waals surface area contributed by atoms with E-state index in [-0.39, 0.29) is 61.9 Å². The minimum absolute atomic E-state index is 0.0185. The smallest absolute Gasteiger partial charge is 0.324 e. The lowest BCUT2D eigenvalue weighted by atomic mass is 9.84. The molecule has 0 spiro atoms. The molecular formula is C50H66N8O8. The Balaban J connectivity index is 1.30. The van der Waals surface area contributed by atoms with E-state index in [0.717, 1.165) is 39.0 Å². The molecule has 7 rings (SSSR count). The van der Waals surface area contributed by atoms with E-state index in [1.165, 1.54) is 21.9 Å². The minimum Gasteiger partial charge on any atom is -0.508 e. The molecule has 3 aliphatic rings. The molecule has 2 aromatic heterocycles. The number of ether oxygens (including phenoxy) is 2. The van der Waals surface area contributed by atoms with Crippen molar-refractivity contribution in [2.45, 2.75) is 117 Å². The molecule has 4 aromatic rings. The maximum Gasteiger partial charge on any atom is 0.324 e. The molecule has 3 aliphatic heterocycles. The van der Waals surface area contributed by atoms with Crippen LogP contribution in [-0.2, 0) is 52.8 Å². The number of amides is 4. The molecule has 0 aliphatic carbocycles. The number of nitrogens with zero attached hydrogens (tertiary/aromatic N) is 5. The largest absolute Gasteiger partial charge is 0.508 e. The van der Waals surface area contributed by atoms with Crippen molar-refractivity contribution < 1.29 is 38.6 Å². The van der Waals surface area contributed by atoms with Crippen LogP contribution in [0.15, 0.2) is 54.7 Å². The van der Waals surface area contributed by atoms with E-state index in [1.54, 1.807) is 32.5 Å². The molecule has 6 atom stereocenters. The molecule has 5 heterocycles. The van der Waals surface area contributed by atoms with E-state index in [9.17, 15) is 29.1 Å². The van der Waals surface area contributed by atoms with Gasteiger partial charge in [-0.25, -0.2) is 5.43 Å². The van der Waals surface area contributed by atoms with E-state index < -0.39 is 47.2 Å². The van der Waals surface area contributed by atoms with Gasteiger partial charge in [0.1, 0.15) is 29.9 Å². The zero-order chi connectivity index (χ0) is 47.8. The van der Waals surface area contributed by atoms with Gasteiger partial charge in [-0.2, -0.15) is 0 Å². The van der Waals surface area contributed by atoms with Crippen LogP contribution in [0.25, 0.3) is 33.3 Å². The van der Waals surface area contributed by atoms with Gasteiger partial charge < -0.3 is 34.3 Å². The zero-order valence-corrected chi connectivity index (χ0v) is 39.9. The monoisotopic (exact) mass is 907 g/mol. The number of pyridine rings is 1. The van der Waals surface area contributed by atoms with Crippen LogP contribution in [0, 0.1) is 11.3 Å². The fourth-order valence-electron chi connectivity index (χ4n) is 9.55. The number of cyclic esters (lactones) is 1. The van der Waals surface area contributed by atoms with Crippen molar-refractivity contribution >= 4 is 40.5 Å². The Morgan fingerprint density at radius 1 is 1.08 bits per heavy atom. The van der Waals surface area contributed by atoms with Gasteiger partial charge in [0, 0.05) is 74.8 Å². The second-order valence-electron chi connectivity index (χ2n) is 19.4. The molecule has 2 saturated heterocycles. The van der Waals surface area contributed by atoms with Gasteiger partial charge in [0.15, 0.2) is 0 Å². The summed E-state index contributed by atoms with van der Waals surface area (Å²) >= 11 is 0. The van der Waals surface area contributed by atoms with Gasteiger partial charge in [0.2, 0.25) is 17.7 Å². The number of methoxy groups -OCH3 is 1. The summed E-state index contributed by atoms with van der Waals surface area (Å²) in [6.07, 6.45) is 2.94. The fraction of sp³-hybridized carbons (Fsp3) is 0.520. The van der Waals surface area contributed by atoms with Crippen LogP contribution in [0.5, 0.6) is 5.75 Å². The Morgan fingerprint density at radius 2 is 1.82 bits per heavy atom. The van der Waals surface area contributed by atoms with Crippen molar-refractivity contribution in [2.24, 2.45) is 11.3 Å². The lowest BCUT2D eigenvalue weighted by Crippen LogP contribution is -2.62. The highest BCUT2D eigenvalue weighted by Gasteiger charge is 2.42. The van der Waals surface area contributed by atoms with Crippen molar-refractivity contribution in [1.29, 1.82) is 0 Å². The van der Waals surface area contributed by atoms with Gasteiger partial charge in [-0.15, -0.1) is 0 Å². The molecule has 16 heteroatoms. The molecule has 2 aromatic carbocycles. The number of aromatic hydroxyl groups is 1. The third kappa shape index (κ3) is 10.1. The lowest BCUT2D eigenvalue weighted by molar-refractivity contribution is -0.155. The number of esters is 1. The normalized spacial score (nSPS) is 21.7. The number of carbonyl (C=O) groups is 5. The molecule has 4 amide bonds. The van der Waals surface area contributed by atoms with Crippen molar-refractivity contribution in [2.75, 3.05) is 40.9 Å². The van der Waals surface area contributed by atoms with E-state index in [2.05, 4.69) is 59.6 Å². The highest BCUT2D eigenvalue weighted by atomic mass is 16.5. The molecule has 2 fully saturated rings. The second kappa shape index (κ2) is 19.6. The van der Waals surface area contributed by atoms with Gasteiger partial charge in [0.05, 0.1) is 30.6 Å². The number of carbonyl (C=O) groups excluding carboxylic acids is 5. The number of rotatable bonds is 11. The van der Waals surface area contributed by atoms with E-state index in [0.29, 0.717) is 36.9 Å². The lowest BCUT2D eigenvalue weighted by Gasteiger charge is -2.37. The third-order valence-corrected chi connectivity index (χ3v) is 13.2. The first kappa shape index (κ1) is 48.1. The summed E-state index contributed by atoms with van der Waals surface area (Å²) in [5, 5.41) is 19.7. The Labute approximate surface area is 387 Å². The van der Waals surface area contributed by atoms with Gasteiger partial charge in [-0.3, -0.25) is 39.3 Å². The van der Waals surface area contributed by atoms with Crippen LogP contribution < -0.4 is 16.1 Å². The molecule has 0 radical (unpaired) electrons. The van der Waals surface area contributed by atoms with Crippen LogP contribution in [0.4, 0.5) is 0 Å². The predicted octanol–water partition coefficient (Wildman–Crippen LogP) is 4.75. The van der Waals surface area contributed by atoms with Gasteiger partial charge in [-0.05, 0) is 105 Å². The predicted molar refractivity (Wildman–Crippen MR) is 251 cm³/mol. The van der Waals surface area contributed by atoms with Crippen LogP contribution in [-0.4, -0.2) is 130 Å². The Bertz CT molecular complexity index is 2500. The topological polar surface area (TPSA) is 198 Å². The van der Waals surface area contributed by atoms with E-state index in [1.807, 2.05) is 45.9 Å². The summed E-state index contributed by atoms with van der Waals surface area (Å²) in [7, 11) is 4.75. The quantitative estimate of drug-likeness (QED) is 0.120. The molecule has 4 N–H and O–H groups in total. The van der Waals surface area contributed by atoms with Crippen LogP contribution in [0.3, 0.4) is 0 Å². The molecular weight excluding hydrogens is 841 g/mol. The van der Waals surface area contributed by atoms with Gasteiger partial charge in [0.25, 0.3) is 5.91 Å². The summed E-state index contributed by atoms with van der Waals surface area (Å²) in [4.78, 5) is 77.0. The van der Waals surface area contributed by atoms with Gasteiger partial charge in [-0.1, -0.05) is 39.8 Å². The summed E-state index contributed by atoms with van der Waals surface area (Å²) in [6.45, 7) is 14.5. The number of hydrogen-bond donors (Lipinski definition) is 4. The first-order valence-corrected chi connectivity index (χ1v) is 23.1. The van der Waals surface area contributed by atoms with Crippen molar-refractivity contribution in [1.82, 2.24) is 40.4 Å². The average molecular weight is 907 g/mol.